The van der Waals surface area contributed by atoms with E-state index in [4.69, 9.17) is 0 Å². The molecule has 70 valence electrons. The minimum absolute atomic E-state index is 0.226. The van der Waals surface area contributed by atoms with E-state index in [0.717, 1.165) is 11.3 Å². The van der Waals surface area contributed by atoms with Crippen LogP contribution in [0.15, 0.2) is 29.2 Å². The van der Waals surface area contributed by atoms with Crippen molar-refractivity contribution in [3.63, 3.8) is 0 Å². The number of benzene rings is 1. The van der Waals surface area contributed by atoms with Gasteiger partial charge in [0.25, 0.3) is 0 Å². The molecule has 0 fully saturated rings. The maximum Gasteiger partial charge on any atom is 0.134 e. The predicted octanol–water partition coefficient (Wildman–Crippen LogP) is 2.93. The van der Waals surface area contributed by atoms with Crippen molar-refractivity contribution in [2.75, 3.05) is 5.75 Å². The Labute approximate surface area is 83.5 Å². The van der Waals surface area contributed by atoms with Crippen LogP contribution in [0.5, 0.6) is 0 Å². The van der Waals surface area contributed by atoms with Crippen molar-refractivity contribution in [1.29, 1.82) is 0 Å². The molecule has 0 atom stereocenters. The van der Waals surface area contributed by atoms with E-state index >= 15 is 0 Å². The number of thioether (sulfide) groups is 1. The SMILES string of the molecule is CCSc1ccccc1CC(C)=O. The fraction of sp³-hybridized carbons (Fsp3) is 0.364. The molecule has 0 amide bonds. The predicted molar refractivity (Wildman–Crippen MR) is 57.2 cm³/mol. The van der Waals surface area contributed by atoms with Gasteiger partial charge in [-0.05, 0) is 24.3 Å². The summed E-state index contributed by atoms with van der Waals surface area (Å²) < 4.78 is 0. The molecule has 0 spiro atoms. The Hall–Kier alpha value is -0.760. The van der Waals surface area contributed by atoms with Crippen LogP contribution in [0.1, 0.15) is 19.4 Å². The standard InChI is InChI=1S/C11H14OS/c1-3-13-11-7-5-4-6-10(11)8-9(2)12/h4-7H,3,8H2,1-2H3. The van der Waals surface area contributed by atoms with Gasteiger partial charge in [-0.25, -0.2) is 0 Å². The first-order valence-electron chi connectivity index (χ1n) is 4.44. The maximum atomic E-state index is 11.0. The van der Waals surface area contributed by atoms with Crippen LogP contribution in [0.25, 0.3) is 0 Å². The third-order valence-corrected chi connectivity index (χ3v) is 2.71. The van der Waals surface area contributed by atoms with Crippen LogP contribution in [0.2, 0.25) is 0 Å². The summed E-state index contributed by atoms with van der Waals surface area (Å²) in [6.07, 6.45) is 0.559. The zero-order valence-corrected chi connectivity index (χ0v) is 8.86. The summed E-state index contributed by atoms with van der Waals surface area (Å²) in [5.41, 5.74) is 1.15. The van der Waals surface area contributed by atoms with Crippen molar-refractivity contribution in [2.45, 2.75) is 25.2 Å². The van der Waals surface area contributed by atoms with E-state index < -0.39 is 0 Å². The van der Waals surface area contributed by atoms with E-state index in [2.05, 4.69) is 13.0 Å². The Balaban J connectivity index is 2.84. The van der Waals surface area contributed by atoms with Gasteiger partial charge in [0.1, 0.15) is 5.78 Å². The summed E-state index contributed by atoms with van der Waals surface area (Å²) in [4.78, 5) is 12.2. The Morgan fingerprint density at radius 2 is 2.08 bits per heavy atom. The average molecular weight is 194 g/mol. The molecule has 1 aromatic carbocycles. The van der Waals surface area contributed by atoms with Gasteiger partial charge in [-0.15, -0.1) is 11.8 Å². The molecular weight excluding hydrogens is 180 g/mol. The third-order valence-electron chi connectivity index (χ3n) is 1.71. The van der Waals surface area contributed by atoms with Gasteiger partial charge in [0.05, 0.1) is 0 Å². The van der Waals surface area contributed by atoms with Gasteiger partial charge in [0.2, 0.25) is 0 Å². The number of hydrogen-bond donors (Lipinski definition) is 0. The van der Waals surface area contributed by atoms with Crippen LogP contribution in [0.4, 0.5) is 0 Å². The van der Waals surface area contributed by atoms with Gasteiger partial charge in [0, 0.05) is 11.3 Å². The summed E-state index contributed by atoms with van der Waals surface area (Å²) in [5, 5.41) is 0. The zero-order valence-electron chi connectivity index (χ0n) is 8.04. The smallest absolute Gasteiger partial charge is 0.134 e. The van der Waals surface area contributed by atoms with E-state index in [9.17, 15) is 4.79 Å². The average Bonchev–Trinajstić information content (AvgIpc) is 2.08. The number of ketones is 1. The lowest BCUT2D eigenvalue weighted by Gasteiger charge is -2.05. The molecule has 1 nitrogen and oxygen atoms in total. The molecule has 0 unspecified atom stereocenters. The van der Waals surface area contributed by atoms with Crippen LogP contribution in [0.3, 0.4) is 0 Å². The first kappa shape index (κ1) is 10.3. The summed E-state index contributed by atoms with van der Waals surface area (Å²) in [6, 6.07) is 8.10. The molecule has 0 bridgehead atoms. The summed E-state index contributed by atoms with van der Waals surface area (Å²) >= 11 is 1.79. The Kier molecular flexibility index (Phi) is 4.03. The van der Waals surface area contributed by atoms with E-state index in [1.54, 1.807) is 18.7 Å². The van der Waals surface area contributed by atoms with Crippen LogP contribution in [0, 0.1) is 0 Å². The zero-order chi connectivity index (χ0) is 9.68. The Morgan fingerprint density at radius 1 is 1.38 bits per heavy atom. The van der Waals surface area contributed by atoms with Crippen molar-refractivity contribution in [3.8, 4) is 0 Å². The second-order valence-corrected chi connectivity index (χ2v) is 4.23. The van der Waals surface area contributed by atoms with E-state index in [-0.39, 0.29) is 5.78 Å². The van der Waals surface area contributed by atoms with Crippen molar-refractivity contribution >= 4 is 17.5 Å². The van der Waals surface area contributed by atoms with Crippen LogP contribution < -0.4 is 0 Å². The van der Waals surface area contributed by atoms with Gasteiger partial charge in [-0.3, -0.25) is 4.79 Å². The van der Waals surface area contributed by atoms with Crippen molar-refractivity contribution < 1.29 is 4.79 Å². The largest absolute Gasteiger partial charge is 0.300 e. The summed E-state index contributed by atoms with van der Waals surface area (Å²) in [5.74, 6) is 1.28. The minimum Gasteiger partial charge on any atom is -0.300 e. The molecule has 0 aliphatic carbocycles. The molecule has 1 rings (SSSR count). The topological polar surface area (TPSA) is 17.1 Å². The molecule has 0 aromatic heterocycles. The highest BCUT2D eigenvalue weighted by Gasteiger charge is 2.03. The quantitative estimate of drug-likeness (QED) is 0.685. The molecule has 0 N–H and O–H groups in total. The van der Waals surface area contributed by atoms with Crippen molar-refractivity contribution in [2.24, 2.45) is 0 Å². The first-order chi connectivity index (χ1) is 6.24. The first-order valence-corrected chi connectivity index (χ1v) is 5.42. The molecule has 1 aromatic rings. The number of Topliss-reactive ketones (excluding diaryl/α,β-unsaturated/α-hetero) is 1. The summed E-state index contributed by atoms with van der Waals surface area (Å²) in [7, 11) is 0. The molecule has 0 radical (unpaired) electrons. The van der Waals surface area contributed by atoms with E-state index in [1.807, 2.05) is 18.2 Å². The second-order valence-electron chi connectivity index (χ2n) is 2.92. The van der Waals surface area contributed by atoms with Crippen molar-refractivity contribution in [1.82, 2.24) is 0 Å². The maximum absolute atomic E-state index is 11.0. The van der Waals surface area contributed by atoms with E-state index in [1.165, 1.54) is 4.90 Å². The van der Waals surface area contributed by atoms with E-state index in [0.29, 0.717) is 6.42 Å². The number of hydrogen-bond acceptors (Lipinski definition) is 2. The highest BCUT2D eigenvalue weighted by Crippen LogP contribution is 2.22. The van der Waals surface area contributed by atoms with Gasteiger partial charge < -0.3 is 0 Å². The van der Waals surface area contributed by atoms with Crippen LogP contribution in [-0.2, 0) is 11.2 Å². The molecule has 0 aliphatic rings. The molecule has 0 saturated carbocycles. The lowest BCUT2D eigenvalue weighted by atomic mass is 10.1. The number of carbonyl (C=O) groups excluding carboxylic acids is 1. The third kappa shape index (κ3) is 3.23. The molecule has 13 heavy (non-hydrogen) atoms. The minimum atomic E-state index is 0.226. The highest BCUT2D eigenvalue weighted by atomic mass is 32.2. The molecule has 2 heteroatoms. The van der Waals surface area contributed by atoms with Crippen LogP contribution >= 0.6 is 11.8 Å². The Morgan fingerprint density at radius 3 is 2.69 bits per heavy atom. The van der Waals surface area contributed by atoms with Gasteiger partial charge in [-0.1, -0.05) is 25.1 Å². The molecule has 0 saturated heterocycles. The normalized spacial score (nSPS) is 10.0. The summed E-state index contributed by atoms with van der Waals surface area (Å²) in [6.45, 7) is 3.75. The Bertz CT molecular complexity index is 294. The van der Waals surface area contributed by atoms with Gasteiger partial charge in [-0.2, -0.15) is 0 Å². The molecule has 0 aliphatic heterocycles. The fourth-order valence-corrected chi connectivity index (χ4v) is 2.03. The molecular formula is C11H14OS. The lowest BCUT2D eigenvalue weighted by Crippen LogP contribution is -1.97. The second kappa shape index (κ2) is 5.07. The van der Waals surface area contributed by atoms with Crippen LogP contribution in [-0.4, -0.2) is 11.5 Å². The van der Waals surface area contributed by atoms with Gasteiger partial charge in [0.15, 0.2) is 0 Å². The number of rotatable bonds is 4. The highest BCUT2D eigenvalue weighted by molar-refractivity contribution is 7.99. The monoisotopic (exact) mass is 194 g/mol. The number of carbonyl (C=O) groups is 1. The fourth-order valence-electron chi connectivity index (χ4n) is 1.21. The van der Waals surface area contributed by atoms with Gasteiger partial charge >= 0.3 is 0 Å². The van der Waals surface area contributed by atoms with Crippen molar-refractivity contribution in [3.05, 3.63) is 29.8 Å². The lowest BCUT2D eigenvalue weighted by molar-refractivity contribution is -0.116. The molecule has 0 heterocycles.